The van der Waals surface area contributed by atoms with Crippen LogP contribution in [0.4, 0.5) is 10.5 Å². The minimum absolute atomic E-state index is 0.0429. The molecule has 1 aromatic rings. The number of sulfonamides is 1. The monoisotopic (exact) mass is 441 g/mol. The molecule has 0 radical (unpaired) electrons. The number of carbonyl (C=O) groups excluding carboxylic acids is 2. The van der Waals surface area contributed by atoms with Gasteiger partial charge in [-0.3, -0.25) is 9.10 Å². The summed E-state index contributed by atoms with van der Waals surface area (Å²) in [7, 11) is -3.48. The summed E-state index contributed by atoms with van der Waals surface area (Å²) >= 11 is 0. The van der Waals surface area contributed by atoms with E-state index in [-0.39, 0.29) is 25.0 Å². The molecule has 1 aromatic carbocycles. The fourth-order valence-corrected chi connectivity index (χ4v) is 4.21. The van der Waals surface area contributed by atoms with E-state index in [0.717, 1.165) is 6.26 Å². The third kappa shape index (κ3) is 6.79. The van der Waals surface area contributed by atoms with Crippen LogP contribution in [0.2, 0.25) is 0 Å². The lowest BCUT2D eigenvalue weighted by atomic mass is 10.2. The number of piperazine rings is 1. The van der Waals surface area contributed by atoms with Crippen LogP contribution in [0.3, 0.4) is 0 Å². The number of nitrogens with zero attached hydrogens (tertiary/aromatic N) is 3. The van der Waals surface area contributed by atoms with E-state index in [1.807, 2.05) is 6.92 Å². The number of benzene rings is 1. The molecule has 168 valence electrons. The molecule has 2 rings (SSSR count). The fourth-order valence-electron chi connectivity index (χ4n) is 3.25. The Hall–Kier alpha value is -2.49. The van der Waals surface area contributed by atoms with E-state index >= 15 is 0 Å². The molecule has 0 aliphatic carbocycles. The van der Waals surface area contributed by atoms with Crippen LogP contribution < -0.4 is 9.04 Å². The van der Waals surface area contributed by atoms with Crippen molar-refractivity contribution >= 4 is 27.7 Å². The van der Waals surface area contributed by atoms with Crippen molar-refractivity contribution in [2.75, 3.05) is 56.5 Å². The minimum Gasteiger partial charge on any atom is -0.494 e. The lowest BCUT2D eigenvalue weighted by Gasteiger charge is -2.34. The smallest absolute Gasteiger partial charge is 0.409 e. The predicted octanol–water partition coefficient (Wildman–Crippen LogP) is 1.93. The lowest BCUT2D eigenvalue weighted by Crippen LogP contribution is -2.50. The van der Waals surface area contributed by atoms with Crippen LogP contribution in [0.5, 0.6) is 5.75 Å². The van der Waals surface area contributed by atoms with E-state index in [1.54, 1.807) is 41.0 Å². The summed E-state index contributed by atoms with van der Waals surface area (Å²) in [5, 5.41) is 0. The van der Waals surface area contributed by atoms with E-state index in [2.05, 4.69) is 0 Å². The highest BCUT2D eigenvalue weighted by molar-refractivity contribution is 7.92. The Balaban J connectivity index is 1.86. The van der Waals surface area contributed by atoms with E-state index in [9.17, 15) is 18.0 Å². The molecule has 0 spiro atoms. The van der Waals surface area contributed by atoms with E-state index < -0.39 is 10.0 Å². The summed E-state index contributed by atoms with van der Waals surface area (Å²) in [6.45, 7) is 6.47. The zero-order valence-corrected chi connectivity index (χ0v) is 18.7. The van der Waals surface area contributed by atoms with Crippen molar-refractivity contribution < 1.29 is 27.5 Å². The van der Waals surface area contributed by atoms with Crippen molar-refractivity contribution in [2.45, 2.75) is 26.7 Å². The van der Waals surface area contributed by atoms with Gasteiger partial charge in [0.15, 0.2) is 0 Å². The summed E-state index contributed by atoms with van der Waals surface area (Å²) in [5.41, 5.74) is 0.538. The van der Waals surface area contributed by atoms with Gasteiger partial charge in [0.25, 0.3) is 0 Å². The van der Waals surface area contributed by atoms with E-state index in [0.29, 0.717) is 57.3 Å². The molecule has 2 amide bonds. The van der Waals surface area contributed by atoms with Gasteiger partial charge in [0.2, 0.25) is 15.9 Å². The standard InChI is InChI=1S/C20H31N3O6S/c1-4-28-18-10-8-17(9-11-18)23(30(3,26)27)12-6-7-19(24)21-13-15-22(16-14-21)20(25)29-5-2/h8-11H,4-7,12-16H2,1-3H3. The molecule has 1 aliphatic rings. The molecule has 0 aromatic heterocycles. The molecule has 1 fully saturated rings. The predicted molar refractivity (Wildman–Crippen MR) is 114 cm³/mol. The van der Waals surface area contributed by atoms with Gasteiger partial charge in [-0.15, -0.1) is 0 Å². The summed E-state index contributed by atoms with van der Waals surface area (Å²) in [6.07, 6.45) is 1.43. The molecule has 1 heterocycles. The van der Waals surface area contributed by atoms with Crippen molar-refractivity contribution in [3.05, 3.63) is 24.3 Å². The van der Waals surface area contributed by atoms with Crippen LogP contribution in [0.25, 0.3) is 0 Å². The molecule has 0 atom stereocenters. The van der Waals surface area contributed by atoms with E-state index in [1.165, 1.54) is 4.31 Å². The highest BCUT2D eigenvalue weighted by atomic mass is 32.2. The summed E-state index contributed by atoms with van der Waals surface area (Å²) in [6, 6.07) is 6.85. The number of amides is 2. The molecule has 0 unspecified atom stereocenters. The Bertz CT molecular complexity index is 804. The van der Waals surface area contributed by atoms with Crippen molar-refractivity contribution in [3.63, 3.8) is 0 Å². The quantitative estimate of drug-likeness (QED) is 0.581. The molecule has 1 saturated heterocycles. The summed E-state index contributed by atoms with van der Waals surface area (Å²) in [4.78, 5) is 27.5. The molecule has 30 heavy (non-hydrogen) atoms. The lowest BCUT2D eigenvalue weighted by molar-refractivity contribution is -0.132. The molecular weight excluding hydrogens is 410 g/mol. The van der Waals surface area contributed by atoms with Crippen molar-refractivity contribution in [1.82, 2.24) is 9.80 Å². The Morgan fingerprint density at radius 1 is 1.00 bits per heavy atom. The average Bonchev–Trinajstić information content (AvgIpc) is 2.71. The number of rotatable bonds is 9. The Morgan fingerprint density at radius 2 is 1.60 bits per heavy atom. The number of hydrogen-bond acceptors (Lipinski definition) is 6. The van der Waals surface area contributed by atoms with E-state index in [4.69, 9.17) is 9.47 Å². The average molecular weight is 442 g/mol. The summed E-state index contributed by atoms with van der Waals surface area (Å²) < 4.78 is 36.1. The molecule has 1 aliphatic heterocycles. The number of hydrogen-bond donors (Lipinski definition) is 0. The maximum absolute atomic E-state index is 12.5. The van der Waals surface area contributed by atoms with Crippen LogP contribution in [0.15, 0.2) is 24.3 Å². The maximum atomic E-state index is 12.5. The van der Waals surface area contributed by atoms with Gasteiger partial charge in [-0.2, -0.15) is 0 Å². The number of ether oxygens (including phenoxy) is 2. The first-order valence-electron chi connectivity index (χ1n) is 10.2. The molecule has 0 saturated carbocycles. The number of anilines is 1. The highest BCUT2D eigenvalue weighted by Crippen LogP contribution is 2.22. The molecule has 9 nitrogen and oxygen atoms in total. The second-order valence-corrected chi connectivity index (χ2v) is 8.84. The topological polar surface area (TPSA) is 96.5 Å². The van der Waals surface area contributed by atoms with Gasteiger partial charge in [-0.25, -0.2) is 13.2 Å². The normalized spacial score (nSPS) is 14.4. The second-order valence-electron chi connectivity index (χ2n) is 6.93. The number of carbonyl (C=O) groups is 2. The molecule has 10 heteroatoms. The zero-order chi connectivity index (χ0) is 22.1. The van der Waals surface area contributed by atoms with Crippen LogP contribution in [0.1, 0.15) is 26.7 Å². The van der Waals surface area contributed by atoms with Gasteiger partial charge in [0.1, 0.15) is 5.75 Å². The van der Waals surface area contributed by atoms with Gasteiger partial charge in [-0.1, -0.05) is 0 Å². The largest absolute Gasteiger partial charge is 0.494 e. The minimum atomic E-state index is -3.48. The van der Waals surface area contributed by atoms with Crippen LogP contribution >= 0.6 is 0 Å². The van der Waals surface area contributed by atoms with Crippen molar-refractivity contribution in [3.8, 4) is 5.75 Å². The van der Waals surface area contributed by atoms with Gasteiger partial charge < -0.3 is 19.3 Å². The third-order valence-corrected chi connectivity index (χ3v) is 5.94. The first kappa shape index (κ1) is 23.8. The fraction of sp³-hybridized carbons (Fsp3) is 0.600. The van der Waals surface area contributed by atoms with Gasteiger partial charge in [0, 0.05) is 39.1 Å². The van der Waals surface area contributed by atoms with Crippen LogP contribution in [0, 0.1) is 0 Å². The second kappa shape index (κ2) is 11.1. The first-order chi connectivity index (χ1) is 14.3. The van der Waals surface area contributed by atoms with Gasteiger partial charge in [-0.05, 0) is 44.5 Å². The zero-order valence-electron chi connectivity index (χ0n) is 17.9. The highest BCUT2D eigenvalue weighted by Gasteiger charge is 2.25. The Labute approximate surface area is 178 Å². The maximum Gasteiger partial charge on any atom is 0.409 e. The van der Waals surface area contributed by atoms with Gasteiger partial charge >= 0.3 is 6.09 Å². The van der Waals surface area contributed by atoms with Gasteiger partial charge in [0.05, 0.1) is 25.2 Å². The third-order valence-electron chi connectivity index (χ3n) is 4.75. The van der Waals surface area contributed by atoms with Crippen LogP contribution in [-0.2, 0) is 19.6 Å². The first-order valence-corrected chi connectivity index (χ1v) is 12.0. The Kier molecular flexibility index (Phi) is 8.76. The van der Waals surface area contributed by atoms with Crippen molar-refractivity contribution in [1.29, 1.82) is 0 Å². The van der Waals surface area contributed by atoms with Crippen molar-refractivity contribution in [2.24, 2.45) is 0 Å². The Morgan fingerprint density at radius 3 is 2.13 bits per heavy atom. The molecular formula is C20H31N3O6S. The molecule has 0 bridgehead atoms. The van der Waals surface area contributed by atoms with Crippen LogP contribution in [-0.4, -0.2) is 82.4 Å². The summed E-state index contributed by atoms with van der Waals surface area (Å²) in [5.74, 6) is 0.630. The molecule has 0 N–H and O–H groups in total. The SMILES string of the molecule is CCOC(=O)N1CCN(C(=O)CCCN(c2ccc(OCC)cc2)S(C)(=O)=O)CC1.